The van der Waals surface area contributed by atoms with Crippen molar-refractivity contribution in [1.82, 2.24) is 59.7 Å². The van der Waals surface area contributed by atoms with Gasteiger partial charge >= 0.3 is 12.1 Å². The summed E-state index contributed by atoms with van der Waals surface area (Å²) in [6.07, 6.45) is 10.7. The summed E-state index contributed by atoms with van der Waals surface area (Å²) in [5.41, 5.74) is 3.61. The number of rotatable bonds is 12. The molecule has 0 saturated heterocycles. The first-order valence-electron chi connectivity index (χ1n) is 30.0. The van der Waals surface area contributed by atoms with Gasteiger partial charge in [0.2, 0.25) is 0 Å². The average molecular weight is 1250 g/mol. The summed E-state index contributed by atoms with van der Waals surface area (Å²) < 4.78 is 74.9. The molecule has 6 atom stereocenters. The minimum atomic E-state index is -0.612. The van der Waals surface area contributed by atoms with Gasteiger partial charge in [0, 0.05) is 35.3 Å². The number of amides is 3. The molecule has 2 aliphatic rings. The van der Waals surface area contributed by atoms with Gasteiger partial charge in [-0.05, 0) is 141 Å². The number of carbonyl (C=O) groups excluding carboxylic acids is 4. The predicted octanol–water partition coefficient (Wildman–Crippen LogP) is 10.8. The fourth-order valence-corrected chi connectivity index (χ4v) is 9.75. The fraction of sp³-hybridized carbons (Fsp3) is 0.375. The van der Waals surface area contributed by atoms with E-state index in [9.17, 15) is 32.3 Å². The van der Waals surface area contributed by atoms with Crippen LogP contribution in [-0.4, -0.2) is 118 Å². The van der Waals surface area contributed by atoms with Crippen molar-refractivity contribution in [2.45, 2.75) is 130 Å². The third-order valence-electron chi connectivity index (χ3n) is 14.7. The molecule has 0 aliphatic carbocycles. The van der Waals surface area contributed by atoms with Gasteiger partial charge in [-0.2, -0.15) is 15.3 Å². The molecule has 2 aliphatic heterocycles. The van der Waals surface area contributed by atoms with Gasteiger partial charge in [0.05, 0.1) is 62.0 Å². The first-order chi connectivity index (χ1) is 43.6. The number of hydrogen-bond donors (Lipinski definition) is 6. The number of nitrogens with one attached hydrogen (secondary N) is 6. The van der Waals surface area contributed by atoms with Crippen LogP contribution in [-0.2, 0) is 9.47 Å². The summed E-state index contributed by atoms with van der Waals surface area (Å²) >= 11 is 0. The Hall–Kier alpha value is -10.2. The lowest BCUT2D eigenvalue weighted by atomic mass is 10.1. The minimum Gasteiger partial charge on any atom is -0.491 e. The van der Waals surface area contributed by atoms with Crippen LogP contribution >= 0.6 is 0 Å². The molecule has 4 bridgehead atoms. The SMILES string of the molecule is CCOC(=O)c1cnn2ccc(N[C@H](C)c3cc(F)ccc3OC[C@@H](CC)NC(=O)OC(C)(C)C)nc12.CC[C@@H]1CNC(=O)c2cnn3ccc(nc23)N[C@H](C)c2cc(F)ccc2O1.CC[C@@H]1COc2ccc(F)cc2[C@@H](C)Nc2ccn3ncc(c3n2)C(=O)N1. The lowest BCUT2D eigenvalue weighted by Crippen LogP contribution is -2.41. The number of halogens is 3. The molecule has 91 heavy (non-hydrogen) atoms. The van der Waals surface area contributed by atoms with E-state index in [0.717, 1.165) is 0 Å². The zero-order valence-electron chi connectivity index (χ0n) is 52.1. The third kappa shape index (κ3) is 16.4. The van der Waals surface area contributed by atoms with Crippen LogP contribution in [0.15, 0.2) is 110 Å². The van der Waals surface area contributed by atoms with Crippen molar-refractivity contribution >= 4 is 58.3 Å². The van der Waals surface area contributed by atoms with Crippen LogP contribution in [0, 0.1) is 17.5 Å². The van der Waals surface area contributed by atoms with Crippen LogP contribution in [0.1, 0.15) is 154 Å². The second kappa shape index (κ2) is 29.0. The zero-order valence-corrected chi connectivity index (χ0v) is 52.1. The highest BCUT2D eigenvalue weighted by molar-refractivity contribution is 6.00. The van der Waals surface area contributed by atoms with Crippen LogP contribution < -0.4 is 46.1 Å². The van der Waals surface area contributed by atoms with Crippen molar-refractivity contribution in [3.05, 3.63) is 161 Å². The molecular formula is C64H74F3N15O9. The maximum absolute atomic E-state index is 14.2. The maximum Gasteiger partial charge on any atom is 0.407 e. The van der Waals surface area contributed by atoms with Gasteiger partial charge in [-0.1, -0.05) is 20.8 Å². The summed E-state index contributed by atoms with van der Waals surface area (Å²) in [6, 6.07) is 16.9. The summed E-state index contributed by atoms with van der Waals surface area (Å²) in [4.78, 5) is 63.2. The Kier molecular flexibility index (Phi) is 20.8. The average Bonchev–Trinajstić information content (AvgIpc) is 1.77. The Bertz CT molecular complexity index is 4060. The van der Waals surface area contributed by atoms with Gasteiger partial charge in [-0.25, -0.2) is 51.3 Å². The number of fused-ring (bicyclic) bond motifs is 5. The molecule has 0 saturated carbocycles. The molecule has 8 heterocycles. The molecule has 6 N–H and O–H groups in total. The van der Waals surface area contributed by atoms with Gasteiger partial charge < -0.3 is 55.6 Å². The highest BCUT2D eigenvalue weighted by atomic mass is 19.1. The van der Waals surface area contributed by atoms with Crippen LogP contribution in [0.4, 0.5) is 35.4 Å². The highest BCUT2D eigenvalue weighted by Gasteiger charge is 2.26. The molecule has 6 aromatic heterocycles. The molecule has 480 valence electrons. The van der Waals surface area contributed by atoms with Crippen molar-refractivity contribution in [3.8, 4) is 17.2 Å². The van der Waals surface area contributed by atoms with Crippen LogP contribution in [0.25, 0.3) is 16.9 Å². The largest absolute Gasteiger partial charge is 0.491 e. The lowest BCUT2D eigenvalue weighted by molar-refractivity contribution is 0.0483. The molecule has 0 unspecified atom stereocenters. The van der Waals surface area contributed by atoms with Crippen molar-refractivity contribution in [2.75, 3.05) is 42.3 Å². The molecule has 0 fully saturated rings. The standard InChI is InChI=1S/C26H34FN5O5.2C19H20FN5O2/c1-7-18(30-25(34)37-26(4,5)6)15-36-21-10-9-17(27)13-19(21)16(3)29-22-11-12-32-23(31-22)20(14-28-32)24(33)35-8-2;1-3-13-10-27-16-5-4-12(20)8-14(16)11(2)22-17-6-7-25-18(24-17)15(9-21-25)19(26)23-13;1-3-13-9-21-19(26)15-10-22-25-7-6-17(24-18(15)25)23-11(2)14-8-12(20)4-5-16(14)27-13/h9-14,16,18H,7-8,15H2,1-6H3,(H,29,31)(H,30,34);4-9,11,13H,3,10H2,1-2H3,(H,22,24)(H,23,26);4-8,10-11,13H,3,9H2,1-2H3,(H,21,26)(H,23,24)/t16-,18-;2*11-,13-/m111/s1. The quantitative estimate of drug-likeness (QED) is 0.0620. The number of carbonyl (C=O) groups is 4. The van der Waals surface area contributed by atoms with Crippen molar-refractivity contribution in [1.29, 1.82) is 0 Å². The number of aromatic nitrogens is 9. The molecule has 0 spiro atoms. The number of hydrogen-bond acceptors (Lipinski definition) is 18. The van der Waals surface area contributed by atoms with E-state index < -0.39 is 29.5 Å². The molecule has 11 rings (SSSR count). The Morgan fingerprint density at radius 2 is 1.30 bits per heavy atom. The Morgan fingerprint density at radius 3 is 1.91 bits per heavy atom. The Morgan fingerprint density at radius 1 is 0.714 bits per heavy atom. The summed E-state index contributed by atoms with van der Waals surface area (Å²) in [5, 5.41) is 30.9. The molecule has 0 radical (unpaired) electrons. The highest BCUT2D eigenvalue weighted by Crippen LogP contribution is 2.33. The third-order valence-corrected chi connectivity index (χ3v) is 14.7. The molecule has 24 nitrogen and oxygen atoms in total. The number of benzene rings is 3. The van der Waals surface area contributed by atoms with Crippen molar-refractivity contribution in [3.63, 3.8) is 0 Å². The number of nitrogens with zero attached hydrogens (tertiary/aromatic N) is 9. The van der Waals surface area contributed by atoms with Crippen LogP contribution in [0.5, 0.6) is 17.2 Å². The Labute approximate surface area is 523 Å². The number of ether oxygens (including phenoxy) is 5. The van der Waals surface area contributed by atoms with Crippen LogP contribution in [0.2, 0.25) is 0 Å². The van der Waals surface area contributed by atoms with Gasteiger partial charge in [-0.3, -0.25) is 9.59 Å². The number of anilines is 3. The summed E-state index contributed by atoms with van der Waals surface area (Å²) in [5.74, 6) is 1.09. The smallest absolute Gasteiger partial charge is 0.407 e. The monoisotopic (exact) mass is 1250 g/mol. The van der Waals surface area contributed by atoms with Gasteiger partial charge in [0.1, 0.15) is 93.8 Å². The first-order valence-corrected chi connectivity index (χ1v) is 30.0. The number of esters is 1. The van der Waals surface area contributed by atoms with Crippen molar-refractivity contribution in [2.24, 2.45) is 0 Å². The van der Waals surface area contributed by atoms with E-state index in [1.807, 2.05) is 41.5 Å². The maximum atomic E-state index is 14.2. The van der Waals surface area contributed by atoms with E-state index in [4.69, 9.17) is 23.7 Å². The molecule has 3 amide bonds. The molecular weight excluding hydrogens is 1180 g/mol. The minimum absolute atomic E-state index is 0.171. The topological polar surface area (TPSA) is 277 Å². The Balaban J connectivity index is 0.000000164. The second-order valence-corrected chi connectivity index (χ2v) is 22.6. The van der Waals surface area contributed by atoms with E-state index in [-0.39, 0.29) is 79.1 Å². The molecule has 27 heteroatoms. The molecule has 3 aromatic carbocycles. The van der Waals surface area contributed by atoms with Gasteiger partial charge in [0.25, 0.3) is 11.8 Å². The first kappa shape index (κ1) is 65.2. The molecule has 9 aromatic rings. The van der Waals surface area contributed by atoms with E-state index in [0.29, 0.717) is 105 Å². The van der Waals surface area contributed by atoms with Gasteiger partial charge in [0.15, 0.2) is 16.9 Å². The van der Waals surface area contributed by atoms with Crippen LogP contribution in [0.3, 0.4) is 0 Å². The van der Waals surface area contributed by atoms with Gasteiger partial charge in [-0.15, -0.1) is 0 Å². The fourth-order valence-electron chi connectivity index (χ4n) is 9.75. The normalized spacial score (nSPS) is 17.1. The second-order valence-electron chi connectivity index (χ2n) is 22.6. The summed E-state index contributed by atoms with van der Waals surface area (Å²) in [7, 11) is 0. The van der Waals surface area contributed by atoms with E-state index in [2.05, 4.69) is 62.1 Å². The summed E-state index contributed by atoms with van der Waals surface area (Å²) in [6.45, 7) is 19.6. The number of alkyl carbamates (subject to hydrolysis) is 1. The van der Waals surface area contributed by atoms with Crippen molar-refractivity contribution < 1.29 is 56.0 Å². The lowest BCUT2D eigenvalue weighted by Gasteiger charge is -2.24. The zero-order chi connectivity index (χ0) is 65.1. The van der Waals surface area contributed by atoms with E-state index >= 15 is 0 Å². The van der Waals surface area contributed by atoms with E-state index in [1.54, 1.807) is 91.7 Å². The predicted molar refractivity (Wildman–Crippen MR) is 333 cm³/mol. The van der Waals surface area contributed by atoms with E-state index in [1.165, 1.54) is 59.5 Å².